The predicted octanol–water partition coefficient (Wildman–Crippen LogP) is 3.37. The molecule has 2 amide bonds. The van der Waals surface area contributed by atoms with E-state index < -0.39 is 0 Å². The van der Waals surface area contributed by atoms with Gasteiger partial charge in [0.05, 0.1) is 5.92 Å². The average molecular weight is 336 g/mol. The van der Waals surface area contributed by atoms with E-state index in [0.29, 0.717) is 18.7 Å². The van der Waals surface area contributed by atoms with Gasteiger partial charge in [-0.05, 0) is 42.7 Å². The highest BCUT2D eigenvalue weighted by molar-refractivity contribution is 5.97. The molecule has 0 aliphatic carbocycles. The van der Waals surface area contributed by atoms with Crippen LogP contribution in [0.5, 0.6) is 0 Å². The van der Waals surface area contributed by atoms with E-state index in [1.807, 2.05) is 49.5 Å². The maximum absolute atomic E-state index is 12.8. The summed E-state index contributed by atoms with van der Waals surface area (Å²) in [6, 6.07) is 17.3. The first-order valence-electron chi connectivity index (χ1n) is 8.81. The second kappa shape index (κ2) is 7.51. The SMILES string of the molecule is CCc1ccc(N(C)C(=O)C2CCN(C(=O)c3ccccc3)C2)cc1. The lowest BCUT2D eigenvalue weighted by Crippen LogP contribution is -2.36. The number of aryl methyl sites for hydroxylation is 1. The van der Waals surface area contributed by atoms with Crippen molar-refractivity contribution >= 4 is 17.5 Å². The second-order valence-corrected chi connectivity index (χ2v) is 6.52. The third-order valence-electron chi connectivity index (χ3n) is 4.91. The van der Waals surface area contributed by atoms with Gasteiger partial charge >= 0.3 is 0 Å². The van der Waals surface area contributed by atoms with Crippen LogP contribution in [0.4, 0.5) is 5.69 Å². The summed E-state index contributed by atoms with van der Waals surface area (Å²) in [5.41, 5.74) is 2.83. The van der Waals surface area contributed by atoms with E-state index in [0.717, 1.165) is 18.5 Å². The Bertz CT molecular complexity index is 740. The van der Waals surface area contributed by atoms with Crippen LogP contribution in [0.2, 0.25) is 0 Å². The minimum atomic E-state index is -0.136. The maximum atomic E-state index is 12.8. The van der Waals surface area contributed by atoms with Crippen molar-refractivity contribution in [3.8, 4) is 0 Å². The fourth-order valence-corrected chi connectivity index (χ4v) is 3.27. The molecule has 130 valence electrons. The molecule has 0 bridgehead atoms. The zero-order chi connectivity index (χ0) is 17.8. The van der Waals surface area contributed by atoms with Crippen molar-refractivity contribution in [2.75, 3.05) is 25.0 Å². The number of nitrogens with zero attached hydrogens (tertiary/aromatic N) is 2. The van der Waals surface area contributed by atoms with Crippen molar-refractivity contribution in [2.45, 2.75) is 19.8 Å². The van der Waals surface area contributed by atoms with Gasteiger partial charge in [0.15, 0.2) is 0 Å². The van der Waals surface area contributed by atoms with E-state index >= 15 is 0 Å². The highest BCUT2D eigenvalue weighted by atomic mass is 16.2. The first-order chi connectivity index (χ1) is 12.1. The molecule has 0 radical (unpaired) electrons. The zero-order valence-corrected chi connectivity index (χ0v) is 14.8. The Morgan fingerprint density at radius 1 is 1.08 bits per heavy atom. The Morgan fingerprint density at radius 3 is 2.40 bits per heavy atom. The molecule has 4 heteroatoms. The van der Waals surface area contributed by atoms with Crippen LogP contribution < -0.4 is 4.90 Å². The van der Waals surface area contributed by atoms with Crippen LogP contribution in [0, 0.1) is 5.92 Å². The number of rotatable bonds is 4. The largest absolute Gasteiger partial charge is 0.338 e. The van der Waals surface area contributed by atoms with Crippen molar-refractivity contribution < 1.29 is 9.59 Å². The number of hydrogen-bond donors (Lipinski definition) is 0. The molecule has 0 saturated carbocycles. The van der Waals surface area contributed by atoms with Crippen LogP contribution in [0.15, 0.2) is 54.6 Å². The average Bonchev–Trinajstić information content (AvgIpc) is 3.17. The van der Waals surface area contributed by atoms with Crippen LogP contribution in [0.25, 0.3) is 0 Å². The summed E-state index contributed by atoms with van der Waals surface area (Å²) >= 11 is 0. The minimum absolute atomic E-state index is 0.00542. The molecule has 1 fully saturated rings. The number of benzene rings is 2. The van der Waals surface area contributed by atoms with E-state index in [9.17, 15) is 9.59 Å². The summed E-state index contributed by atoms with van der Waals surface area (Å²) in [4.78, 5) is 28.8. The summed E-state index contributed by atoms with van der Waals surface area (Å²) in [5.74, 6) is -0.0537. The molecule has 1 saturated heterocycles. The molecule has 25 heavy (non-hydrogen) atoms. The minimum Gasteiger partial charge on any atom is -0.338 e. The summed E-state index contributed by atoms with van der Waals surface area (Å²) in [6.45, 7) is 3.23. The number of likely N-dealkylation sites (tertiary alicyclic amines) is 1. The van der Waals surface area contributed by atoms with Crippen molar-refractivity contribution in [3.05, 3.63) is 65.7 Å². The fraction of sp³-hybridized carbons (Fsp3) is 0.333. The number of anilines is 1. The van der Waals surface area contributed by atoms with Gasteiger partial charge in [-0.2, -0.15) is 0 Å². The lowest BCUT2D eigenvalue weighted by Gasteiger charge is -2.22. The van der Waals surface area contributed by atoms with Crippen molar-refractivity contribution in [2.24, 2.45) is 5.92 Å². The van der Waals surface area contributed by atoms with Gasteiger partial charge in [-0.3, -0.25) is 9.59 Å². The number of carbonyl (C=O) groups is 2. The summed E-state index contributed by atoms with van der Waals surface area (Å²) < 4.78 is 0. The van der Waals surface area contributed by atoms with Crippen molar-refractivity contribution in [3.63, 3.8) is 0 Å². The molecule has 1 heterocycles. The monoisotopic (exact) mass is 336 g/mol. The molecule has 4 nitrogen and oxygen atoms in total. The molecule has 1 aliphatic rings. The quantitative estimate of drug-likeness (QED) is 0.859. The lowest BCUT2D eigenvalue weighted by atomic mass is 10.1. The normalized spacial score (nSPS) is 16.7. The Balaban J connectivity index is 1.64. The summed E-state index contributed by atoms with van der Waals surface area (Å²) in [7, 11) is 1.81. The predicted molar refractivity (Wildman–Crippen MR) is 99.7 cm³/mol. The molecule has 0 aromatic heterocycles. The van der Waals surface area contributed by atoms with Crippen LogP contribution in [0.1, 0.15) is 29.3 Å². The Hall–Kier alpha value is -2.62. The number of carbonyl (C=O) groups excluding carboxylic acids is 2. The van der Waals surface area contributed by atoms with Gasteiger partial charge in [-0.15, -0.1) is 0 Å². The highest BCUT2D eigenvalue weighted by Crippen LogP contribution is 2.23. The Kier molecular flexibility index (Phi) is 5.17. The lowest BCUT2D eigenvalue weighted by molar-refractivity contribution is -0.121. The number of amides is 2. The van der Waals surface area contributed by atoms with Crippen LogP contribution in [0.3, 0.4) is 0 Å². The Morgan fingerprint density at radius 2 is 1.76 bits per heavy atom. The smallest absolute Gasteiger partial charge is 0.253 e. The van der Waals surface area contributed by atoms with E-state index in [1.165, 1.54) is 5.56 Å². The van der Waals surface area contributed by atoms with Gasteiger partial charge in [0.25, 0.3) is 5.91 Å². The maximum Gasteiger partial charge on any atom is 0.253 e. The first-order valence-corrected chi connectivity index (χ1v) is 8.81. The molecule has 1 atom stereocenters. The third-order valence-corrected chi connectivity index (χ3v) is 4.91. The molecule has 1 aliphatic heterocycles. The van der Waals surface area contributed by atoms with Gasteiger partial charge in [-0.1, -0.05) is 37.3 Å². The van der Waals surface area contributed by atoms with Gasteiger partial charge in [0, 0.05) is 31.4 Å². The van der Waals surface area contributed by atoms with E-state index in [4.69, 9.17) is 0 Å². The molecule has 2 aromatic rings. The van der Waals surface area contributed by atoms with E-state index in [1.54, 1.807) is 9.80 Å². The number of hydrogen-bond acceptors (Lipinski definition) is 2. The molecule has 3 rings (SSSR count). The molecule has 0 N–H and O–H groups in total. The zero-order valence-electron chi connectivity index (χ0n) is 14.8. The Labute approximate surface area is 149 Å². The van der Waals surface area contributed by atoms with Gasteiger partial charge in [0.2, 0.25) is 5.91 Å². The van der Waals surface area contributed by atoms with Crippen LogP contribution in [-0.2, 0) is 11.2 Å². The second-order valence-electron chi connectivity index (χ2n) is 6.52. The molecule has 1 unspecified atom stereocenters. The van der Waals surface area contributed by atoms with Crippen LogP contribution >= 0.6 is 0 Å². The highest BCUT2D eigenvalue weighted by Gasteiger charge is 2.33. The molecular formula is C21H24N2O2. The van der Waals surface area contributed by atoms with Crippen molar-refractivity contribution in [1.29, 1.82) is 0 Å². The molecular weight excluding hydrogens is 312 g/mol. The van der Waals surface area contributed by atoms with E-state index in [2.05, 4.69) is 19.1 Å². The van der Waals surface area contributed by atoms with E-state index in [-0.39, 0.29) is 17.7 Å². The first kappa shape index (κ1) is 17.2. The molecule has 0 spiro atoms. The summed E-state index contributed by atoms with van der Waals surface area (Å²) in [5, 5.41) is 0. The third kappa shape index (κ3) is 3.73. The van der Waals surface area contributed by atoms with Gasteiger partial charge in [0.1, 0.15) is 0 Å². The fourth-order valence-electron chi connectivity index (χ4n) is 3.27. The molecule has 2 aromatic carbocycles. The van der Waals surface area contributed by atoms with Crippen LogP contribution in [-0.4, -0.2) is 36.9 Å². The topological polar surface area (TPSA) is 40.6 Å². The summed E-state index contributed by atoms with van der Waals surface area (Å²) in [6.07, 6.45) is 1.70. The van der Waals surface area contributed by atoms with Gasteiger partial charge in [-0.25, -0.2) is 0 Å². The van der Waals surface area contributed by atoms with Crippen molar-refractivity contribution in [1.82, 2.24) is 4.90 Å². The van der Waals surface area contributed by atoms with Gasteiger partial charge < -0.3 is 9.80 Å². The standard InChI is InChI=1S/C21H24N2O2/c1-3-16-9-11-19(12-10-16)22(2)20(24)18-13-14-23(15-18)21(25)17-7-5-4-6-8-17/h4-12,18H,3,13-15H2,1-2H3.